The summed E-state index contributed by atoms with van der Waals surface area (Å²) in [5.41, 5.74) is 5.41. The van der Waals surface area contributed by atoms with Gasteiger partial charge in [0.1, 0.15) is 11.3 Å². The van der Waals surface area contributed by atoms with E-state index in [1.54, 1.807) is 0 Å². The Morgan fingerprint density at radius 3 is 2.73 bits per heavy atom. The van der Waals surface area contributed by atoms with Gasteiger partial charge < -0.3 is 20.0 Å². The van der Waals surface area contributed by atoms with Crippen LogP contribution >= 0.6 is 0 Å². The van der Waals surface area contributed by atoms with E-state index < -0.39 is 11.9 Å². The van der Waals surface area contributed by atoms with Crippen LogP contribution in [0, 0.1) is 0 Å². The second-order valence-electron chi connectivity index (χ2n) is 2.78. The first-order chi connectivity index (χ1) is 7.10. The highest BCUT2D eigenvalue weighted by molar-refractivity contribution is 5.94. The summed E-state index contributed by atoms with van der Waals surface area (Å²) < 4.78 is 9.44. The largest absolute Gasteiger partial charge is 0.475 e. The second kappa shape index (κ2) is 4.61. The van der Waals surface area contributed by atoms with Gasteiger partial charge in [-0.05, 0) is 6.54 Å². The summed E-state index contributed by atoms with van der Waals surface area (Å²) in [6.07, 6.45) is 0.289. The standard InChI is InChI=1S/C9H11NO5/c1-14-9(13)5-4-7(8(11)12)15-6(5)2-3-10/h4H,2-3,10H2,1H3,(H,11,12). The molecule has 6 heteroatoms. The van der Waals surface area contributed by atoms with Crippen LogP contribution in [0.1, 0.15) is 26.7 Å². The number of esters is 1. The molecule has 0 aromatic carbocycles. The van der Waals surface area contributed by atoms with Crippen LogP contribution < -0.4 is 5.73 Å². The van der Waals surface area contributed by atoms with Gasteiger partial charge in [-0.15, -0.1) is 0 Å². The SMILES string of the molecule is COC(=O)c1cc(C(=O)O)oc1CCN. The number of methoxy groups -OCH3 is 1. The summed E-state index contributed by atoms with van der Waals surface area (Å²) in [5.74, 6) is -1.92. The minimum atomic E-state index is -1.23. The maximum atomic E-state index is 11.2. The number of hydrogen-bond donors (Lipinski definition) is 2. The van der Waals surface area contributed by atoms with Crippen LogP contribution in [0.2, 0.25) is 0 Å². The molecule has 0 aliphatic carbocycles. The number of ether oxygens (including phenoxy) is 1. The quantitative estimate of drug-likeness (QED) is 0.695. The molecule has 0 bridgehead atoms. The molecule has 1 aromatic heterocycles. The van der Waals surface area contributed by atoms with E-state index in [0.29, 0.717) is 0 Å². The van der Waals surface area contributed by atoms with Crippen molar-refractivity contribution in [2.24, 2.45) is 5.73 Å². The lowest BCUT2D eigenvalue weighted by molar-refractivity contribution is 0.0596. The molecule has 0 aliphatic heterocycles. The summed E-state index contributed by atoms with van der Waals surface area (Å²) in [6.45, 7) is 0.260. The van der Waals surface area contributed by atoms with E-state index in [0.717, 1.165) is 6.07 Å². The van der Waals surface area contributed by atoms with Gasteiger partial charge in [-0.3, -0.25) is 0 Å². The maximum absolute atomic E-state index is 11.2. The second-order valence-corrected chi connectivity index (χ2v) is 2.78. The molecule has 15 heavy (non-hydrogen) atoms. The molecular formula is C9H11NO5. The smallest absolute Gasteiger partial charge is 0.371 e. The average Bonchev–Trinajstić information content (AvgIpc) is 2.61. The lowest BCUT2D eigenvalue weighted by atomic mass is 10.2. The maximum Gasteiger partial charge on any atom is 0.371 e. The van der Waals surface area contributed by atoms with Crippen molar-refractivity contribution < 1.29 is 23.8 Å². The van der Waals surface area contributed by atoms with E-state index in [1.807, 2.05) is 0 Å². The average molecular weight is 213 g/mol. The van der Waals surface area contributed by atoms with Gasteiger partial charge in [0, 0.05) is 12.5 Å². The third-order valence-corrected chi connectivity index (χ3v) is 1.80. The highest BCUT2D eigenvalue weighted by Crippen LogP contribution is 2.17. The van der Waals surface area contributed by atoms with Gasteiger partial charge in [-0.2, -0.15) is 0 Å². The van der Waals surface area contributed by atoms with Gasteiger partial charge in [0.25, 0.3) is 0 Å². The topological polar surface area (TPSA) is 103 Å². The molecule has 0 atom stereocenters. The first-order valence-electron chi connectivity index (χ1n) is 4.24. The van der Waals surface area contributed by atoms with E-state index in [-0.39, 0.29) is 30.0 Å². The molecule has 82 valence electrons. The third-order valence-electron chi connectivity index (χ3n) is 1.80. The van der Waals surface area contributed by atoms with Crippen LogP contribution in [0.25, 0.3) is 0 Å². The van der Waals surface area contributed by atoms with Gasteiger partial charge in [0.2, 0.25) is 5.76 Å². The van der Waals surface area contributed by atoms with Crippen LogP contribution in [-0.2, 0) is 11.2 Å². The Kier molecular flexibility index (Phi) is 3.46. The Morgan fingerprint density at radius 1 is 1.60 bits per heavy atom. The molecule has 1 heterocycles. The van der Waals surface area contributed by atoms with Crippen LogP contribution in [-0.4, -0.2) is 30.7 Å². The summed E-state index contributed by atoms with van der Waals surface area (Å²) in [7, 11) is 1.21. The van der Waals surface area contributed by atoms with Crippen molar-refractivity contribution in [2.45, 2.75) is 6.42 Å². The van der Waals surface area contributed by atoms with Crippen LogP contribution in [0.5, 0.6) is 0 Å². The fourth-order valence-electron chi connectivity index (χ4n) is 1.13. The van der Waals surface area contributed by atoms with Crippen LogP contribution in [0.3, 0.4) is 0 Å². The molecule has 3 N–H and O–H groups in total. The number of carbonyl (C=O) groups is 2. The van der Waals surface area contributed by atoms with Crippen molar-refractivity contribution >= 4 is 11.9 Å². The zero-order valence-corrected chi connectivity index (χ0v) is 8.15. The third kappa shape index (κ3) is 2.35. The summed E-state index contributed by atoms with van der Waals surface area (Å²) in [4.78, 5) is 21.8. The van der Waals surface area contributed by atoms with E-state index in [1.165, 1.54) is 7.11 Å². The van der Waals surface area contributed by atoms with Crippen molar-refractivity contribution in [1.29, 1.82) is 0 Å². The molecule has 1 rings (SSSR count). The zero-order chi connectivity index (χ0) is 11.4. The predicted octanol–water partition coefficient (Wildman–Crippen LogP) is 0.266. The van der Waals surface area contributed by atoms with Gasteiger partial charge in [0.15, 0.2) is 0 Å². The Morgan fingerprint density at radius 2 is 2.27 bits per heavy atom. The van der Waals surface area contributed by atoms with Gasteiger partial charge in [0.05, 0.1) is 7.11 Å². The van der Waals surface area contributed by atoms with E-state index in [2.05, 4.69) is 4.74 Å². The minimum absolute atomic E-state index is 0.111. The summed E-state index contributed by atoms with van der Waals surface area (Å²) >= 11 is 0. The molecule has 0 amide bonds. The summed E-state index contributed by atoms with van der Waals surface area (Å²) in [6, 6.07) is 1.14. The fourth-order valence-corrected chi connectivity index (χ4v) is 1.13. The lowest BCUT2D eigenvalue weighted by Crippen LogP contribution is -2.07. The van der Waals surface area contributed by atoms with E-state index in [9.17, 15) is 9.59 Å². The molecule has 0 saturated heterocycles. The van der Waals surface area contributed by atoms with Gasteiger partial charge in [-0.25, -0.2) is 9.59 Å². The normalized spacial score (nSPS) is 10.0. The van der Waals surface area contributed by atoms with E-state index >= 15 is 0 Å². The highest BCUT2D eigenvalue weighted by atomic mass is 16.5. The van der Waals surface area contributed by atoms with Crippen molar-refractivity contribution in [3.05, 3.63) is 23.2 Å². The van der Waals surface area contributed by atoms with Crippen LogP contribution in [0.15, 0.2) is 10.5 Å². The predicted molar refractivity (Wildman–Crippen MR) is 49.8 cm³/mol. The van der Waals surface area contributed by atoms with Crippen molar-refractivity contribution in [1.82, 2.24) is 0 Å². The molecule has 0 spiro atoms. The fraction of sp³-hybridized carbons (Fsp3) is 0.333. The number of hydrogen-bond acceptors (Lipinski definition) is 5. The number of carbonyl (C=O) groups excluding carboxylic acids is 1. The van der Waals surface area contributed by atoms with Crippen molar-refractivity contribution in [3.8, 4) is 0 Å². The molecule has 0 radical (unpaired) electrons. The first-order valence-corrected chi connectivity index (χ1v) is 4.24. The lowest BCUT2D eigenvalue weighted by Gasteiger charge is -1.97. The molecule has 0 saturated carbocycles. The molecular weight excluding hydrogens is 202 g/mol. The van der Waals surface area contributed by atoms with Gasteiger partial charge in [-0.1, -0.05) is 0 Å². The van der Waals surface area contributed by atoms with Crippen LogP contribution in [0.4, 0.5) is 0 Å². The van der Waals surface area contributed by atoms with Crippen molar-refractivity contribution in [3.63, 3.8) is 0 Å². The Hall–Kier alpha value is -1.82. The summed E-state index contributed by atoms with van der Waals surface area (Å²) in [5, 5.41) is 8.67. The molecule has 0 fully saturated rings. The minimum Gasteiger partial charge on any atom is -0.475 e. The Labute approximate surface area is 85.6 Å². The van der Waals surface area contributed by atoms with E-state index in [4.69, 9.17) is 15.3 Å². The monoisotopic (exact) mass is 213 g/mol. The molecule has 0 unspecified atom stereocenters. The van der Waals surface area contributed by atoms with Crippen molar-refractivity contribution in [2.75, 3.05) is 13.7 Å². The molecule has 6 nitrogen and oxygen atoms in total. The number of nitrogens with two attached hydrogens (primary N) is 1. The first kappa shape index (κ1) is 11.3. The highest BCUT2D eigenvalue weighted by Gasteiger charge is 2.20. The number of carboxylic acids is 1. The number of rotatable bonds is 4. The molecule has 0 aliphatic rings. The molecule has 1 aromatic rings. The van der Waals surface area contributed by atoms with Gasteiger partial charge >= 0.3 is 11.9 Å². The number of carboxylic acid groups (broad SMARTS) is 1. The number of furan rings is 1. The Bertz CT molecular complexity index is 382. The zero-order valence-electron chi connectivity index (χ0n) is 8.15. The number of aromatic carboxylic acids is 1. The Balaban J connectivity index is 3.11.